The fourth-order valence-electron chi connectivity index (χ4n) is 2.50. The Labute approximate surface area is 166 Å². The second kappa shape index (κ2) is 8.12. The first-order valence-electron chi connectivity index (χ1n) is 7.83. The van der Waals surface area contributed by atoms with E-state index < -0.39 is 5.97 Å². The zero-order valence-corrected chi connectivity index (χ0v) is 16.1. The van der Waals surface area contributed by atoms with Gasteiger partial charge in [0, 0.05) is 0 Å². The van der Waals surface area contributed by atoms with Crippen LogP contribution in [0, 0.1) is 6.92 Å². The lowest BCUT2D eigenvalue weighted by atomic mass is 10.2. The van der Waals surface area contributed by atoms with E-state index in [-0.39, 0.29) is 17.3 Å². The first-order chi connectivity index (χ1) is 12.5. The van der Waals surface area contributed by atoms with Gasteiger partial charge in [-0.2, -0.15) is 5.10 Å². The van der Waals surface area contributed by atoms with Crippen molar-refractivity contribution >= 4 is 40.8 Å². The number of rotatable bonds is 5. The van der Waals surface area contributed by atoms with Crippen molar-refractivity contribution in [2.24, 2.45) is 0 Å². The smallest absolute Gasteiger partial charge is 0.343 e. The van der Waals surface area contributed by atoms with Crippen molar-refractivity contribution in [1.82, 2.24) is 9.78 Å². The highest BCUT2D eigenvalue weighted by Gasteiger charge is 2.22. The third-order valence-electron chi connectivity index (χ3n) is 3.80. The van der Waals surface area contributed by atoms with Crippen LogP contribution in [-0.2, 0) is 17.9 Å². The summed E-state index contributed by atoms with van der Waals surface area (Å²) in [6.45, 7) is 2.26. The highest BCUT2D eigenvalue weighted by atomic mass is 35.5. The molecule has 1 aromatic heterocycles. The van der Waals surface area contributed by atoms with E-state index in [1.54, 1.807) is 29.8 Å². The predicted octanol–water partition coefficient (Wildman–Crippen LogP) is 5.56. The number of halogens is 3. The number of benzene rings is 2. The average Bonchev–Trinajstić information content (AvgIpc) is 2.90. The molecule has 0 aliphatic rings. The van der Waals surface area contributed by atoms with Crippen molar-refractivity contribution in [3.05, 3.63) is 86.1 Å². The highest BCUT2D eigenvalue weighted by molar-refractivity contribution is 6.42. The maximum atomic E-state index is 12.5. The topological polar surface area (TPSA) is 44.1 Å². The van der Waals surface area contributed by atoms with Gasteiger partial charge in [0.25, 0.3) is 0 Å². The summed E-state index contributed by atoms with van der Waals surface area (Å²) in [5, 5.41) is 5.46. The number of carbonyl (C=O) groups is 1. The van der Waals surface area contributed by atoms with Gasteiger partial charge in [0.1, 0.15) is 17.3 Å². The van der Waals surface area contributed by atoms with E-state index in [2.05, 4.69) is 5.10 Å². The molecule has 0 aliphatic carbocycles. The van der Waals surface area contributed by atoms with Crippen molar-refractivity contribution in [1.29, 1.82) is 0 Å². The third-order valence-corrected chi connectivity index (χ3v) is 4.92. The summed E-state index contributed by atoms with van der Waals surface area (Å²) in [7, 11) is 0. The number of carbonyl (C=O) groups excluding carboxylic acids is 1. The van der Waals surface area contributed by atoms with Gasteiger partial charge >= 0.3 is 5.97 Å². The highest BCUT2D eigenvalue weighted by Crippen LogP contribution is 2.25. The molecule has 0 spiro atoms. The van der Waals surface area contributed by atoms with Crippen LogP contribution in [0.4, 0.5) is 0 Å². The molecule has 0 N–H and O–H groups in total. The predicted molar refractivity (Wildman–Crippen MR) is 103 cm³/mol. The van der Waals surface area contributed by atoms with Gasteiger partial charge < -0.3 is 4.74 Å². The van der Waals surface area contributed by atoms with Crippen LogP contribution in [-0.4, -0.2) is 15.7 Å². The van der Waals surface area contributed by atoms with Gasteiger partial charge in [0.15, 0.2) is 0 Å². The van der Waals surface area contributed by atoms with E-state index in [1.165, 1.54) is 0 Å². The molecule has 0 saturated heterocycles. The number of ether oxygens (including phenoxy) is 1. The minimum atomic E-state index is -0.530. The molecule has 134 valence electrons. The molecular weight excluding hydrogens is 395 g/mol. The Bertz CT molecular complexity index is 939. The minimum absolute atomic E-state index is 0.0648. The Morgan fingerprint density at radius 3 is 2.46 bits per heavy atom. The summed E-state index contributed by atoms with van der Waals surface area (Å²) >= 11 is 18.2. The zero-order chi connectivity index (χ0) is 18.7. The Hall–Kier alpha value is -2.01. The molecule has 0 unspecified atom stereocenters. The molecule has 26 heavy (non-hydrogen) atoms. The van der Waals surface area contributed by atoms with E-state index in [0.29, 0.717) is 22.3 Å². The van der Waals surface area contributed by atoms with Crippen LogP contribution in [0.1, 0.15) is 27.2 Å². The second-order valence-electron chi connectivity index (χ2n) is 5.72. The maximum Gasteiger partial charge on any atom is 0.343 e. The van der Waals surface area contributed by atoms with Gasteiger partial charge in [-0.1, -0.05) is 71.2 Å². The minimum Gasteiger partial charge on any atom is -0.457 e. The molecule has 0 amide bonds. The summed E-state index contributed by atoms with van der Waals surface area (Å²) in [4.78, 5) is 12.5. The number of esters is 1. The van der Waals surface area contributed by atoms with Crippen molar-refractivity contribution in [3.8, 4) is 0 Å². The Kier molecular flexibility index (Phi) is 5.87. The fourth-order valence-corrected chi connectivity index (χ4v) is 3.13. The van der Waals surface area contributed by atoms with Crippen LogP contribution < -0.4 is 0 Å². The van der Waals surface area contributed by atoms with Gasteiger partial charge in [-0.3, -0.25) is 0 Å². The second-order valence-corrected chi connectivity index (χ2v) is 6.89. The average molecular weight is 410 g/mol. The SMILES string of the molecule is Cc1nn(Cc2ccccc2)c(Cl)c1C(=O)OCc1ccc(Cl)c(Cl)c1. The molecule has 4 nitrogen and oxygen atoms in total. The molecule has 0 bridgehead atoms. The van der Waals surface area contributed by atoms with Crippen LogP contribution >= 0.6 is 34.8 Å². The molecule has 0 saturated carbocycles. The number of hydrogen-bond donors (Lipinski definition) is 0. The van der Waals surface area contributed by atoms with Crippen LogP contribution in [0.5, 0.6) is 0 Å². The van der Waals surface area contributed by atoms with Crippen LogP contribution in [0.3, 0.4) is 0 Å². The molecule has 7 heteroatoms. The first-order valence-corrected chi connectivity index (χ1v) is 8.97. The number of hydrogen-bond acceptors (Lipinski definition) is 3. The number of nitrogens with zero attached hydrogens (tertiary/aromatic N) is 2. The maximum absolute atomic E-state index is 12.5. The largest absolute Gasteiger partial charge is 0.457 e. The molecule has 0 atom stereocenters. The molecule has 3 rings (SSSR count). The molecule has 3 aromatic rings. The van der Waals surface area contributed by atoms with E-state index in [0.717, 1.165) is 11.1 Å². The third kappa shape index (κ3) is 4.21. The summed E-state index contributed by atoms with van der Waals surface area (Å²) in [6, 6.07) is 14.8. The Morgan fingerprint density at radius 2 is 1.77 bits per heavy atom. The summed E-state index contributed by atoms with van der Waals surface area (Å²) in [5.74, 6) is -0.530. The van der Waals surface area contributed by atoms with Crippen molar-refractivity contribution < 1.29 is 9.53 Å². The normalized spacial score (nSPS) is 10.8. The molecule has 0 fully saturated rings. The summed E-state index contributed by atoms with van der Waals surface area (Å²) in [6.07, 6.45) is 0. The molecule has 1 heterocycles. The Morgan fingerprint density at radius 1 is 1.04 bits per heavy atom. The van der Waals surface area contributed by atoms with Gasteiger partial charge in [-0.05, 0) is 30.2 Å². The summed E-state index contributed by atoms with van der Waals surface area (Å²) in [5.41, 5.74) is 2.55. The lowest BCUT2D eigenvalue weighted by molar-refractivity contribution is 0.0472. The lowest BCUT2D eigenvalue weighted by Gasteiger charge is -2.06. The van der Waals surface area contributed by atoms with Crippen LogP contribution in [0.2, 0.25) is 15.2 Å². The molecule has 0 aliphatic heterocycles. The molecule has 2 aromatic carbocycles. The van der Waals surface area contributed by atoms with Crippen LogP contribution in [0.15, 0.2) is 48.5 Å². The number of aryl methyl sites for hydroxylation is 1. The molecular formula is C19H15Cl3N2O2. The van der Waals surface area contributed by atoms with Gasteiger partial charge in [0.2, 0.25) is 0 Å². The van der Waals surface area contributed by atoms with Crippen LogP contribution in [0.25, 0.3) is 0 Å². The lowest BCUT2D eigenvalue weighted by Crippen LogP contribution is -2.07. The fraction of sp³-hybridized carbons (Fsp3) is 0.158. The zero-order valence-electron chi connectivity index (χ0n) is 13.9. The first kappa shape index (κ1) is 18.8. The van der Waals surface area contributed by atoms with Crippen molar-refractivity contribution in [2.75, 3.05) is 0 Å². The van der Waals surface area contributed by atoms with E-state index >= 15 is 0 Å². The van der Waals surface area contributed by atoms with Gasteiger partial charge in [0.05, 0.1) is 22.3 Å². The van der Waals surface area contributed by atoms with Gasteiger partial charge in [-0.15, -0.1) is 0 Å². The van der Waals surface area contributed by atoms with Crippen molar-refractivity contribution in [2.45, 2.75) is 20.1 Å². The van der Waals surface area contributed by atoms with E-state index in [4.69, 9.17) is 39.5 Å². The summed E-state index contributed by atoms with van der Waals surface area (Å²) < 4.78 is 6.94. The molecule has 0 radical (unpaired) electrons. The van der Waals surface area contributed by atoms with E-state index in [9.17, 15) is 4.79 Å². The van der Waals surface area contributed by atoms with E-state index in [1.807, 2.05) is 30.3 Å². The van der Waals surface area contributed by atoms with Gasteiger partial charge in [-0.25, -0.2) is 9.48 Å². The monoisotopic (exact) mass is 408 g/mol. The quantitative estimate of drug-likeness (QED) is 0.518. The number of aromatic nitrogens is 2. The standard InChI is InChI=1S/C19H15Cl3N2O2/c1-12-17(18(22)24(23-12)10-13-5-3-2-4-6-13)19(25)26-11-14-7-8-15(20)16(21)9-14/h2-9H,10-11H2,1H3. The Balaban J connectivity index is 1.74. The van der Waals surface area contributed by atoms with Crippen molar-refractivity contribution in [3.63, 3.8) is 0 Å².